The van der Waals surface area contributed by atoms with Gasteiger partial charge in [-0.25, -0.2) is 0 Å². The Morgan fingerprint density at radius 3 is 2.60 bits per heavy atom. The zero-order chi connectivity index (χ0) is 15.1. The lowest BCUT2D eigenvalue weighted by Crippen LogP contribution is -2.17. The van der Waals surface area contributed by atoms with Crippen molar-refractivity contribution in [2.75, 3.05) is 0 Å². The predicted molar refractivity (Wildman–Crippen MR) is 73.3 cm³/mol. The van der Waals surface area contributed by atoms with Crippen LogP contribution in [0, 0.1) is 4.77 Å². The van der Waals surface area contributed by atoms with Crippen molar-refractivity contribution in [2.45, 2.75) is 45.3 Å². The van der Waals surface area contributed by atoms with E-state index in [9.17, 15) is 13.2 Å². The SMILES string of the molecule is CCCc1nn(C)c2c1[nH]c(=S)n2C(C)CC(F)(F)F. The minimum Gasteiger partial charge on any atom is -0.328 e. The maximum Gasteiger partial charge on any atom is 0.391 e. The van der Waals surface area contributed by atoms with Crippen LogP contribution in [0.4, 0.5) is 13.2 Å². The summed E-state index contributed by atoms with van der Waals surface area (Å²) in [5.41, 5.74) is 2.21. The molecule has 2 rings (SSSR count). The number of hydrogen-bond acceptors (Lipinski definition) is 2. The largest absolute Gasteiger partial charge is 0.391 e. The number of fused-ring (bicyclic) bond motifs is 1. The predicted octanol–water partition coefficient (Wildman–Crippen LogP) is 3.90. The molecular weight excluding hydrogens is 289 g/mol. The van der Waals surface area contributed by atoms with E-state index in [1.165, 1.54) is 11.5 Å². The fourth-order valence-corrected chi connectivity index (χ4v) is 2.85. The fraction of sp³-hybridized carbons (Fsp3) is 0.667. The Kier molecular flexibility index (Phi) is 3.95. The van der Waals surface area contributed by atoms with E-state index >= 15 is 0 Å². The van der Waals surface area contributed by atoms with Gasteiger partial charge in [0.15, 0.2) is 10.4 Å². The zero-order valence-electron chi connectivity index (χ0n) is 11.6. The molecule has 0 aliphatic carbocycles. The van der Waals surface area contributed by atoms with Gasteiger partial charge in [0.2, 0.25) is 0 Å². The van der Waals surface area contributed by atoms with Crippen LogP contribution in [-0.2, 0) is 13.5 Å². The van der Waals surface area contributed by atoms with E-state index in [4.69, 9.17) is 12.2 Å². The number of rotatable bonds is 4. The molecule has 2 aromatic heterocycles. The van der Waals surface area contributed by atoms with Gasteiger partial charge < -0.3 is 4.98 Å². The van der Waals surface area contributed by atoms with Gasteiger partial charge in [0, 0.05) is 13.1 Å². The molecule has 0 aliphatic rings. The minimum absolute atomic E-state index is 0.308. The first-order valence-electron chi connectivity index (χ1n) is 6.47. The van der Waals surface area contributed by atoms with Crippen LogP contribution >= 0.6 is 12.2 Å². The molecule has 8 heteroatoms. The number of H-pyrrole nitrogens is 1. The zero-order valence-corrected chi connectivity index (χ0v) is 12.4. The van der Waals surface area contributed by atoms with Gasteiger partial charge in [-0.15, -0.1) is 0 Å². The second-order valence-corrected chi connectivity index (χ2v) is 5.37. The Balaban J connectivity index is 2.54. The third-order valence-electron chi connectivity index (χ3n) is 3.22. The summed E-state index contributed by atoms with van der Waals surface area (Å²) in [4.78, 5) is 3.00. The number of hydrogen-bond donors (Lipinski definition) is 1. The molecule has 0 spiro atoms. The van der Waals surface area contributed by atoms with Crippen molar-refractivity contribution in [3.05, 3.63) is 10.5 Å². The number of halogens is 3. The average Bonchev–Trinajstić information content (AvgIpc) is 2.76. The van der Waals surface area contributed by atoms with Crippen molar-refractivity contribution in [2.24, 2.45) is 7.05 Å². The van der Waals surface area contributed by atoms with Crippen molar-refractivity contribution < 1.29 is 13.2 Å². The van der Waals surface area contributed by atoms with Crippen LogP contribution in [0.25, 0.3) is 11.2 Å². The number of nitrogens with one attached hydrogen (secondary N) is 1. The van der Waals surface area contributed by atoms with Crippen molar-refractivity contribution in [1.29, 1.82) is 0 Å². The molecule has 2 heterocycles. The summed E-state index contributed by atoms with van der Waals surface area (Å²) < 4.78 is 41.1. The van der Waals surface area contributed by atoms with E-state index < -0.39 is 18.6 Å². The van der Waals surface area contributed by atoms with Crippen LogP contribution in [0.2, 0.25) is 0 Å². The van der Waals surface area contributed by atoms with Gasteiger partial charge in [-0.1, -0.05) is 13.3 Å². The van der Waals surface area contributed by atoms with Crippen molar-refractivity contribution in [3.8, 4) is 0 Å². The van der Waals surface area contributed by atoms with E-state index in [1.54, 1.807) is 11.7 Å². The molecule has 2 aromatic rings. The Hall–Kier alpha value is -1.31. The Bertz CT molecular complexity index is 665. The van der Waals surface area contributed by atoms with E-state index in [0.29, 0.717) is 10.4 Å². The lowest BCUT2D eigenvalue weighted by atomic mass is 10.2. The third kappa shape index (κ3) is 2.74. The number of aromatic nitrogens is 4. The molecule has 4 nitrogen and oxygen atoms in total. The van der Waals surface area contributed by atoms with Gasteiger partial charge in [-0.2, -0.15) is 18.3 Å². The van der Waals surface area contributed by atoms with Gasteiger partial charge in [-0.3, -0.25) is 9.25 Å². The van der Waals surface area contributed by atoms with Gasteiger partial charge in [0.1, 0.15) is 5.52 Å². The highest BCUT2D eigenvalue weighted by molar-refractivity contribution is 7.71. The van der Waals surface area contributed by atoms with Gasteiger partial charge >= 0.3 is 6.18 Å². The first kappa shape index (κ1) is 15.1. The molecule has 112 valence electrons. The summed E-state index contributed by atoms with van der Waals surface area (Å²) in [6.07, 6.45) is -3.46. The fourth-order valence-electron chi connectivity index (χ4n) is 2.48. The van der Waals surface area contributed by atoms with E-state index in [1.807, 2.05) is 6.92 Å². The molecule has 1 unspecified atom stereocenters. The summed E-state index contributed by atoms with van der Waals surface area (Å²) >= 11 is 5.17. The van der Waals surface area contributed by atoms with Crippen molar-refractivity contribution in [3.63, 3.8) is 0 Å². The molecule has 0 aliphatic heterocycles. The first-order chi connectivity index (χ1) is 9.24. The summed E-state index contributed by atoms with van der Waals surface area (Å²) in [7, 11) is 1.72. The summed E-state index contributed by atoms with van der Waals surface area (Å²) in [6.45, 7) is 3.54. The van der Waals surface area contributed by atoms with E-state index in [-0.39, 0.29) is 0 Å². The number of alkyl halides is 3. The average molecular weight is 306 g/mol. The second kappa shape index (κ2) is 5.23. The number of imidazole rings is 1. The third-order valence-corrected chi connectivity index (χ3v) is 3.52. The van der Waals surface area contributed by atoms with Crippen LogP contribution in [-0.4, -0.2) is 25.5 Å². The van der Waals surface area contributed by atoms with Crippen LogP contribution < -0.4 is 0 Å². The maximum absolute atomic E-state index is 12.6. The Morgan fingerprint density at radius 2 is 2.05 bits per heavy atom. The molecule has 0 saturated heterocycles. The van der Waals surface area contributed by atoms with Crippen LogP contribution in [0.5, 0.6) is 0 Å². The highest BCUT2D eigenvalue weighted by Gasteiger charge is 2.32. The highest BCUT2D eigenvalue weighted by atomic mass is 32.1. The van der Waals surface area contributed by atoms with E-state index in [2.05, 4.69) is 10.1 Å². The lowest BCUT2D eigenvalue weighted by Gasteiger charge is -2.16. The maximum atomic E-state index is 12.6. The number of aromatic amines is 1. The molecule has 0 amide bonds. The molecule has 0 radical (unpaired) electrons. The molecule has 20 heavy (non-hydrogen) atoms. The molecule has 1 N–H and O–H groups in total. The molecule has 0 fully saturated rings. The standard InChI is InChI=1S/C12H17F3N4S/c1-4-5-8-9-10(18(3)17-8)19(11(20)16-9)7(2)6-12(13,14)15/h7H,4-6H2,1-3H3,(H,16,20). The topological polar surface area (TPSA) is 38.5 Å². The van der Waals surface area contributed by atoms with Gasteiger partial charge in [0.05, 0.1) is 12.1 Å². The minimum atomic E-state index is -4.22. The Labute approximate surface area is 119 Å². The van der Waals surface area contributed by atoms with Gasteiger partial charge in [-0.05, 0) is 25.6 Å². The molecule has 0 aromatic carbocycles. The lowest BCUT2D eigenvalue weighted by molar-refractivity contribution is -0.141. The molecule has 0 saturated carbocycles. The molecular formula is C12H17F3N4S. The monoisotopic (exact) mass is 306 g/mol. The quantitative estimate of drug-likeness (QED) is 0.870. The van der Waals surface area contributed by atoms with E-state index in [0.717, 1.165) is 24.1 Å². The summed E-state index contributed by atoms with van der Waals surface area (Å²) in [6, 6.07) is -0.763. The Morgan fingerprint density at radius 1 is 1.40 bits per heavy atom. The number of nitrogens with zero attached hydrogens (tertiary/aromatic N) is 3. The molecule has 1 atom stereocenters. The molecule has 0 bridgehead atoms. The van der Waals surface area contributed by atoms with Gasteiger partial charge in [0.25, 0.3) is 0 Å². The summed E-state index contributed by atoms with van der Waals surface area (Å²) in [5, 5.41) is 4.36. The van der Waals surface area contributed by atoms with Crippen LogP contribution in [0.3, 0.4) is 0 Å². The number of aryl methyl sites for hydroxylation is 2. The van der Waals surface area contributed by atoms with Crippen molar-refractivity contribution >= 4 is 23.4 Å². The van der Waals surface area contributed by atoms with Crippen molar-refractivity contribution in [1.82, 2.24) is 19.3 Å². The first-order valence-corrected chi connectivity index (χ1v) is 6.88. The highest BCUT2D eigenvalue weighted by Crippen LogP contribution is 2.30. The second-order valence-electron chi connectivity index (χ2n) is 4.99. The van der Waals surface area contributed by atoms with Crippen LogP contribution in [0.15, 0.2) is 0 Å². The normalized spacial score (nSPS) is 14.1. The summed E-state index contributed by atoms with van der Waals surface area (Å²) in [5.74, 6) is 0. The van der Waals surface area contributed by atoms with Crippen LogP contribution in [0.1, 0.15) is 38.4 Å². The smallest absolute Gasteiger partial charge is 0.328 e.